The Hall–Kier alpha value is -2.94. The minimum atomic E-state index is 0.730. The lowest BCUT2D eigenvalue weighted by atomic mass is 10.00. The molecule has 0 aliphatic heterocycles. The number of aryl methyl sites for hydroxylation is 2. The van der Waals surface area contributed by atoms with E-state index >= 15 is 0 Å². The second kappa shape index (κ2) is 7.12. The zero-order chi connectivity index (χ0) is 17.9. The fraction of sp³-hybridized carbons (Fsp3) is 0.217. The summed E-state index contributed by atoms with van der Waals surface area (Å²) in [6.07, 6.45) is 7.03. The summed E-state index contributed by atoms with van der Waals surface area (Å²) in [7, 11) is 0. The molecule has 130 valence electrons. The van der Waals surface area contributed by atoms with Crippen LogP contribution in [-0.2, 0) is 6.42 Å². The molecule has 0 fully saturated rings. The zero-order valence-electron chi connectivity index (χ0n) is 15.3. The van der Waals surface area contributed by atoms with Crippen LogP contribution in [0.25, 0.3) is 28.1 Å². The highest BCUT2D eigenvalue weighted by Crippen LogP contribution is 2.37. The fourth-order valence-corrected chi connectivity index (χ4v) is 3.69. The third-order valence-electron chi connectivity index (χ3n) is 4.88. The van der Waals surface area contributed by atoms with Gasteiger partial charge in [0.2, 0.25) is 5.95 Å². The maximum atomic E-state index is 4.57. The normalized spacial score (nSPS) is 11.2. The van der Waals surface area contributed by atoms with Crippen LogP contribution in [-0.4, -0.2) is 14.5 Å². The van der Waals surface area contributed by atoms with E-state index in [1.807, 2.05) is 18.5 Å². The van der Waals surface area contributed by atoms with Crippen molar-refractivity contribution in [3.63, 3.8) is 0 Å². The number of nitrogens with zero attached hydrogens (tertiary/aromatic N) is 3. The topological polar surface area (TPSA) is 30.7 Å². The zero-order valence-corrected chi connectivity index (χ0v) is 15.3. The van der Waals surface area contributed by atoms with Crippen molar-refractivity contribution in [3.8, 4) is 17.2 Å². The molecule has 4 aromatic rings. The third kappa shape index (κ3) is 2.80. The van der Waals surface area contributed by atoms with Gasteiger partial charge in [0.1, 0.15) is 0 Å². The molecule has 0 radical (unpaired) electrons. The number of rotatable bonds is 5. The highest BCUT2D eigenvalue weighted by Gasteiger charge is 2.21. The molecule has 0 aliphatic carbocycles. The van der Waals surface area contributed by atoms with Crippen LogP contribution in [0.4, 0.5) is 0 Å². The smallest absolute Gasteiger partial charge is 0.234 e. The first kappa shape index (κ1) is 16.5. The standard InChI is InChI=1S/C23H23N3/c1-3-4-13-20-19-14-8-10-17(2)21(19)26(23-24-15-9-16-25-23)22(20)18-11-6-5-7-12-18/h5-12,14-16H,3-4,13H2,1-2H3. The van der Waals surface area contributed by atoms with Gasteiger partial charge in [-0.3, -0.25) is 4.57 Å². The van der Waals surface area contributed by atoms with Crippen LogP contribution in [0.1, 0.15) is 30.9 Å². The predicted octanol–water partition coefficient (Wildman–Crippen LogP) is 5.74. The van der Waals surface area contributed by atoms with E-state index in [0.29, 0.717) is 0 Å². The molecule has 3 nitrogen and oxygen atoms in total. The highest BCUT2D eigenvalue weighted by molar-refractivity contribution is 5.95. The van der Waals surface area contributed by atoms with Gasteiger partial charge in [-0.2, -0.15) is 0 Å². The molecule has 0 aliphatic rings. The number of hydrogen-bond donors (Lipinski definition) is 0. The van der Waals surface area contributed by atoms with Crippen molar-refractivity contribution in [2.24, 2.45) is 0 Å². The summed E-state index contributed by atoms with van der Waals surface area (Å²) in [6.45, 7) is 4.41. The van der Waals surface area contributed by atoms with Crippen LogP contribution in [0.3, 0.4) is 0 Å². The molecular weight excluding hydrogens is 318 g/mol. The molecule has 0 spiro atoms. The number of hydrogen-bond acceptors (Lipinski definition) is 2. The molecule has 26 heavy (non-hydrogen) atoms. The van der Waals surface area contributed by atoms with Crippen molar-refractivity contribution in [3.05, 3.63) is 78.1 Å². The van der Waals surface area contributed by atoms with Gasteiger partial charge >= 0.3 is 0 Å². The largest absolute Gasteiger partial charge is 0.277 e. The lowest BCUT2D eigenvalue weighted by molar-refractivity contribution is 0.797. The molecule has 0 bridgehead atoms. The van der Waals surface area contributed by atoms with Crippen LogP contribution in [0, 0.1) is 6.92 Å². The second-order valence-corrected chi connectivity index (χ2v) is 6.65. The second-order valence-electron chi connectivity index (χ2n) is 6.65. The molecule has 0 atom stereocenters. The van der Waals surface area contributed by atoms with Crippen molar-refractivity contribution >= 4 is 10.9 Å². The van der Waals surface area contributed by atoms with Crippen LogP contribution >= 0.6 is 0 Å². The van der Waals surface area contributed by atoms with E-state index < -0.39 is 0 Å². The van der Waals surface area contributed by atoms with Crippen molar-refractivity contribution in [1.82, 2.24) is 14.5 Å². The molecule has 0 amide bonds. The number of para-hydroxylation sites is 1. The first-order chi connectivity index (χ1) is 12.8. The Bertz CT molecular complexity index is 1020. The Morgan fingerprint density at radius 1 is 0.885 bits per heavy atom. The van der Waals surface area contributed by atoms with Gasteiger partial charge in [0.25, 0.3) is 0 Å². The van der Waals surface area contributed by atoms with Crippen LogP contribution in [0.15, 0.2) is 67.0 Å². The molecule has 0 N–H and O–H groups in total. The SMILES string of the molecule is CCCCc1c(-c2ccccc2)n(-c2ncccn2)c2c(C)cccc12. The summed E-state index contributed by atoms with van der Waals surface area (Å²) in [5, 5.41) is 1.31. The van der Waals surface area contributed by atoms with Gasteiger partial charge in [-0.1, -0.05) is 61.9 Å². The molecule has 0 saturated carbocycles. The van der Waals surface area contributed by atoms with E-state index in [4.69, 9.17) is 0 Å². The molecule has 2 aromatic heterocycles. The lowest BCUT2D eigenvalue weighted by Gasteiger charge is -2.12. The minimum Gasteiger partial charge on any atom is -0.277 e. The van der Waals surface area contributed by atoms with Crippen molar-refractivity contribution in [2.45, 2.75) is 33.1 Å². The van der Waals surface area contributed by atoms with E-state index in [9.17, 15) is 0 Å². The molecule has 4 rings (SSSR count). The van der Waals surface area contributed by atoms with Gasteiger partial charge in [-0.25, -0.2) is 9.97 Å². The quantitative estimate of drug-likeness (QED) is 0.463. The highest BCUT2D eigenvalue weighted by atomic mass is 15.2. The Morgan fingerprint density at radius 2 is 1.65 bits per heavy atom. The Balaban J connectivity index is 2.12. The van der Waals surface area contributed by atoms with E-state index in [0.717, 1.165) is 12.4 Å². The number of unbranched alkanes of at least 4 members (excludes halogenated alkanes) is 1. The molecule has 0 unspecified atom stereocenters. The molecule has 2 heterocycles. The molecular formula is C23H23N3. The summed E-state index contributed by atoms with van der Waals surface area (Å²) in [6, 6.07) is 19.0. The molecule has 2 aromatic carbocycles. The molecule has 3 heteroatoms. The van der Waals surface area contributed by atoms with Gasteiger partial charge in [-0.05, 0) is 42.5 Å². The van der Waals surface area contributed by atoms with E-state index in [-0.39, 0.29) is 0 Å². The summed E-state index contributed by atoms with van der Waals surface area (Å²) in [5.74, 6) is 0.730. The van der Waals surface area contributed by atoms with Gasteiger partial charge in [0, 0.05) is 17.8 Å². The first-order valence-corrected chi connectivity index (χ1v) is 9.27. The average Bonchev–Trinajstić information content (AvgIpc) is 3.03. The number of aromatic nitrogens is 3. The monoisotopic (exact) mass is 341 g/mol. The summed E-state index contributed by atoms with van der Waals surface area (Å²) < 4.78 is 2.24. The van der Waals surface area contributed by atoms with E-state index in [1.165, 1.54) is 46.1 Å². The van der Waals surface area contributed by atoms with Crippen molar-refractivity contribution in [1.29, 1.82) is 0 Å². The minimum absolute atomic E-state index is 0.730. The Kier molecular flexibility index (Phi) is 4.53. The Morgan fingerprint density at radius 3 is 2.38 bits per heavy atom. The Labute approximate surface area is 154 Å². The van der Waals surface area contributed by atoms with Crippen molar-refractivity contribution < 1.29 is 0 Å². The fourth-order valence-electron chi connectivity index (χ4n) is 3.69. The number of fused-ring (bicyclic) bond motifs is 1. The first-order valence-electron chi connectivity index (χ1n) is 9.27. The summed E-state index contributed by atoms with van der Waals surface area (Å²) in [5.41, 5.74) is 6.28. The van der Waals surface area contributed by atoms with Crippen molar-refractivity contribution in [2.75, 3.05) is 0 Å². The average molecular weight is 341 g/mol. The maximum Gasteiger partial charge on any atom is 0.234 e. The van der Waals surface area contributed by atoms with Gasteiger partial charge in [0.05, 0.1) is 11.2 Å². The predicted molar refractivity (Wildman–Crippen MR) is 108 cm³/mol. The van der Waals surface area contributed by atoms with Gasteiger partial charge in [-0.15, -0.1) is 0 Å². The maximum absolute atomic E-state index is 4.57. The van der Waals surface area contributed by atoms with Crippen LogP contribution in [0.5, 0.6) is 0 Å². The van der Waals surface area contributed by atoms with E-state index in [1.54, 1.807) is 0 Å². The van der Waals surface area contributed by atoms with Gasteiger partial charge < -0.3 is 0 Å². The lowest BCUT2D eigenvalue weighted by Crippen LogP contribution is -2.03. The van der Waals surface area contributed by atoms with Crippen LogP contribution < -0.4 is 0 Å². The third-order valence-corrected chi connectivity index (χ3v) is 4.88. The van der Waals surface area contributed by atoms with Crippen LogP contribution in [0.2, 0.25) is 0 Å². The van der Waals surface area contributed by atoms with Gasteiger partial charge in [0.15, 0.2) is 0 Å². The summed E-state index contributed by atoms with van der Waals surface area (Å²) in [4.78, 5) is 9.14. The summed E-state index contributed by atoms with van der Waals surface area (Å²) >= 11 is 0. The molecule has 0 saturated heterocycles. The van der Waals surface area contributed by atoms with E-state index in [2.05, 4.69) is 76.9 Å². The number of benzene rings is 2.